The molecule has 3 aromatic rings. The number of carbonyl (C=O) groups is 1. The van der Waals surface area contributed by atoms with Crippen LogP contribution in [0.15, 0.2) is 78.9 Å². The maximum Gasteiger partial charge on any atom is 0.262 e. The van der Waals surface area contributed by atoms with Gasteiger partial charge in [0.25, 0.3) is 5.91 Å². The highest BCUT2D eigenvalue weighted by Gasteiger charge is 2.04. The molecule has 4 nitrogen and oxygen atoms in total. The second kappa shape index (κ2) is 8.92. The third-order valence-corrected chi connectivity index (χ3v) is 3.94. The summed E-state index contributed by atoms with van der Waals surface area (Å²) in [5.74, 6) is 0.384. The average molecular weight is 367 g/mol. The lowest BCUT2D eigenvalue weighted by Gasteiger charge is -2.10. The molecule has 0 fully saturated rings. The summed E-state index contributed by atoms with van der Waals surface area (Å²) in [6.07, 6.45) is 0. The third kappa shape index (κ3) is 5.53. The van der Waals surface area contributed by atoms with Gasteiger partial charge in [-0.25, -0.2) is 0 Å². The van der Waals surface area contributed by atoms with E-state index in [1.807, 2.05) is 42.5 Å². The van der Waals surface area contributed by atoms with E-state index in [1.165, 1.54) is 5.56 Å². The first kappa shape index (κ1) is 17.8. The number of hydrogen-bond acceptors (Lipinski definition) is 3. The topological polar surface area (TPSA) is 50.4 Å². The number of amides is 1. The highest BCUT2D eigenvalue weighted by molar-refractivity contribution is 6.30. The van der Waals surface area contributed by atoms with Crippen LogP contribution in [-0.4, -0.2) is 12.5 Å². The number of benzene rings is 3. The van der Waals surface area contributed by atoms with Gasteiger partial charge >= 0.3 is 0 Å². The molecular formula is C21H19ClN2O2. The van der Waals surface area contributed by atoms with Crippen molar-refractivity contribution < 1.29 is 9.53 Å². The fraction of sp³-hybridized carbons (Fsp3) is 0.0952. The van der Waals surface area contributed by atoms with Gasteiger partial charge in [-0.3, -0.25) is 4.79 Å². The summed E-state index contributed by atoms with van der Waals surface area (Å²) in [5, 5.41) is 6.78. The zero-order valence-corrected chi connectivity index (χ0v) is 14.9. The molecule has 0 spiro atoms. The lowest BCUT2D eigenvalue weighted by atomic mass is 10.2. The van der Waals surface area contributed by atoms with E-state index in [2.05, 4.69) is 22.8 Å². The molecule has 1 amide bonds. The van der Waals surface area contributed by atoms with Crippen molar-refractivity contribution in [3.63, 3.8) is 0 Å². The standard InChI is InChI=1S/C21H19ClN2O2/c22-17-6-12-20(13-7-17)26-15-21(25)24-19-10-8-18(9-11-19)23-14-16-4-2-1-3-5-16/h1-13,23H,14-15H2,(H,24,25). The molecule has 0 aliphatic carbocycles. The molecule has 0 aromatic heterocycles. The highest BCUT2D eigenvalue weighted by atomic mass is 35.5. The summed E-state index contributed by atoms with van der Waals surface area (Å²) >= 11 is 5.81. The van der Waals surface area contributed by atoms with Crippen LogP contribution in [-0.2, 0) is 11.3 Å². The van der Waals surface area contributed by atoms with Gasteiger partial charge in [0.05, 0.1) is 0 Å². The van der Waals surface area contributed by atoms with Crippen molar-refractivity contribution in [2.24, 2.45) is 0 Å². The van der Waals surface area contributed by atoms with Crippen LogP contribution in [0.2, 0.25) is 5.02 Å². The zero-order valence-electron chi connectivity index (χ0n) is 14.1. The molecular weight excluding hydrogens is 348 g/mol. The summed E-state index contributed by atoms with van der Waals surface area (Å²) in [5.41, 5.74) is 2.92. The largest absolute Gasteiger partial charge is 0.484 e. The third-order valence-electron chi connectivity index (χ3n) is 3.69. The van der Waals surface area contributed by atoms with Gasteiger partial charge in [0.1, 0.15) is 5.75 Å². The minimum absolute atomic E-state index is 0.0599. The van der Waals surface area contributed by atoms with E-state index in [9.17, 15) is 4.79 Å². The lowest BCUT2D eigenvalue weighted by Crippen LogP contribution is -2.20. The zero-order chi connectivity index (χ0) is 18.2. The molecule has 0 atom stereocenters. The predicted molar refractivity (Wildman–Crippen MR) is 106 cm³/mol. The van der Waals surface area contributed by atoms with E-state index in [-0.39, 0.29) is 12.5 Å². The number of carbonyl (C=O) groups excluding carboxylic acids is 1. The second-order valence-corrected chi connectivity index (χ2v) is 6.14. The van der Waals surface area contributed by atoms with E-state index in [0.29, 0.717) is 10.8 Å². The maximum absolute atomic E-state index is 12.0. The van der Waals surface area contributed by atoms with Crippen LogP contribution in [0.1, 0.15) is 5.56 Å². The minimum atomic E-state index is -0.218. The number of ether oxygens (including phenoxy) is 1. The van der Waals surface area contributed by atoms with Gasteiger partial charge in [-0.15, -0.1) is 0 Å². The predicted octanol–water partition coefficient (Wildman–Crippen LogP) is 4.97. The normalized spacial score (nSPS) is 10.2. The number of anilines is 2. The lowest BCUT2D eigenvalue weighted by molar-refractivity contribution is -0.118. The second-order valence-electron chi connectivity index (χ2n) is 5.71. The van der Waals surface area contributed by atoms with E-state index < -0.39 is 0 Å². The Kier molecular flexibility index (Phi) is 6.12. The Bertz CT molecular complexity index is 834. The Labute approximate surface area is 157 Å². The van der Waals surface area contributed by atoms with Gasteiger partial charge in [0, 0.05) is 22.9 Å². The van der Waals surface area contributed by atoms with Crippen LogP contribution in [0.25, 0.3) is 0 Å². The van der Waals surface area contributed by atoms with Crippen molar-refractivity contribution in [1.29, 1.82) is 0 Å². The van der Waals surface area contributed by atoms with Gasteiger partial charge in [-0.05, 0) is 54.1 Å². The molecule has 2 N–H and O–H groups in total. The van der Waals surface area contributed by atoms with Crippen LogP contribution in [0.4, 0.5) is 11.4 Å². The van der Waals surface area contributed by atoms with E-state index in [0.717, 1.165) is 17.9 Å². The molecule has 132 valence electrons. The van der Waals surface area contributed by atoms with Crippen molar-refractivity contribution in [1.82, 2.24) is 0 Å². The van der Waals surface area contributed by atoms with Gasteiger partial charge in [0.15, 0.2) is 6.61 Å². The Hall–Kier alpha value is -2.98. The molecule has 0 saturated carbocycles. The van der Waals surface area contributed by atoms with Crippen molar-refractivity contribution in [3.05, 3.63) is 89.4 Å². The number of halogens is 1. The molecule has 0 radical (unpaired) electrons. The molecule has 3 aromatic carbocycles. The van der Waals surface area contributed by atoms with Gasteiger partial charge in [-0.2, -0.15) is 0 Å². The summed E-state index contributed by atoms with van der Waals surface area (Å²) in [6, 6.07) is 24.6. The minimum Gasteiger partial charge on any atom is -0.484 e. The average Bonchev–Trinajstić information content (AvgIpc) is 2.68. The summed E-state index contributed by atoms with van der Waals surface area (Å²) in [6.45, 7) is 0.692. The van der Waals surface area contributed by atoms with Crippen LogP contribution in [0.5, 0.6) is 5.75 Å². The number of hydrogen-bond donors (Lipinski definition) is 2. The van der Waals surface area contributed by atoms with Crippen LogP contribution < -0.4 is 15.4 Å². The molecule has 0 aliphatic rings. The molecule has 0 heterocycles. The monoisotopic (exact) mass is 366 g/mol. The first-order chi connectivity index (χ1) is 12.7. The van der Waals surface area contributed by atoms with Crippen molar-refractivity contribution in [2.75, 3.05) is 17.2 Å². The Morgan fingerprint density at radius 3 is 2.19 bits per heavy atom. The summed E-state index contributed by atoms with van der Waals surface area (Å²) in [7, 11) is 0. The highest BCUT2D eigenvalue weighted by Crippen LogP contribution is 2.16. The van der Waals surface area contributed by atoms with Crippen molar-refractivity contribution in [3.8, 4) is 5.75 Å². The number of nitrogens with one attached hydrogen (secondary N) is 2. The smallest absolute Gasteiger partial charge is 0.262 e. The van der Waals surface area contributed by atoms with E-state index in [4.69, 9.17) is 16.3 Å². The van der Waals surface area contributed by atoms with Crippen LogP contribution >= 0.6 is 11.6 Å². The SMILES string of the molecule is O=C(COc1ccc(Cl)cc1)Nc1ccc(NCc2ccccc2)cc1. The first-order valence-electron chi connectivity index (χ1n) is 8.25. The van der Waals surface area contributed by atoms with Gasteiger partial charge in [-0.1, -0.05) is 41.9 Å². The Morgan fingerprint density at radius 1 is 0.846 bits per heavy atom. The van der Waals surface area contributed by atoms with Crippen LogP contribution in [0.3, 0.4) is 0 Å². The molecule has 5 heteroatoms. The fourth-order valence-corrected chi connectivity index (χ4v) is 2.47. The molecule has 26 heavy (non-hydrogen) atoms. The molecule has 0 aliphatic heterocycles. The molecule has 0 bridgehead atoms. The van der Waals surface area contributed by atoms with Crippen molar-refractivity contribution in [2.45, 2.75) is 6.54 Å². The van der Waals surface area contributed by atoms with Gasteiger partial charge in [0.2, 0.25) is 0 Å². The number of rotatable bonds is 7. The summed E-state index contributed by atoms with van der Waals surface area (Å²) < 4.78 is 5.42. The maximum atomic E-state index is 12.0. The molecule has 3 rings (SSSR count). The molecule has 0 saturated heterocycles. The first-order valence-corrected chi connectivity index (χ1v) is 8.63. The van der Waals surface area contributed by atoms with E-state index in [1.54, 1.807) is 24.3 Å². The fourth-order valence-electron chi connectivity index (χ4n) is 2.35. The van der Waals surface area contributed by atoms with Crippen LogP contribution in [0, 0.1) is 0 Å². The van der Waals surface area contributed by atoms with Crippen molar-refractivity contribution >= 4 is 28.9 Å². The summed E-state index contributed by atoms with van der Waals surface area (Å²) in [4.78, 5) is 12.0. The Balaban J connectivity index is 1.45. The Morgan fingerprint density at radius 2 is 1.50 bits per heavy atom. The van der Waals surface area contributed by atoms with E-state index >= 15 is 0 Å². The molecule has 0 unspecified atom stereocenters. The van der Waals surface area contributed by atoms with Gasteiger partial charge < -0.3 is 15.4 Å². The quantitative estimate of drug-likeness (QED) is 0.620.